The second-order valence-corrected chi connectivity index (χ2v) is 11.4. The third kappa shape index (κ3) is 5.78. The van der Waals surface area contributed by atoms with Gasteiger partial charge in [0.2, 0.25) is 11.8 Å². The average molecular weight is 529 g/mol. The Kier molecular flexibility index (Phi) is 8.44. The predicted molar refractivity (Wildman–Crippen MR) is 146 cm³/mol. The number of rotatable bonds is 6. The second-order valence-electron chi connectivity index (χ2n) is 10.9. The second kappa shape index (κ2) is 11.4. The number of para-hydroxylation sites is 1. The lowest BCUT2D eigenvalue weighted by Crippen LogP contribution is -2.51. The molecule has 0 spiro atoms. The maximum Gasteiger partial charge on any atom is 0.228 e. The molecule has 200 valence electrons. The zero-order valence-electron chi connectivity index (χ0n) is 22.2. The predicted octanol–water partition coefficient (Wildman–Crippen LogP) is 4.68. The molecule has 2 aromatic rings. The van der Waals surface area contributed by atoms with Crippen LogP contribution in [-0.4, -0.2) is 60.9 Å². The van der Waals surface area contributed by atoms with E-state index in [-0.39, 0.29) is 47.3 Å². The van der Waals surface area contributed by atoms with Crippen LogP contribution in [-0.2, 0) is 9.59 Å². The van der Waals surface area contributed by atoms with Crippen molar-refractivity contribution in [2.24, 2.45) is 23.5 Å². The third-order valence-corrected chi connectivity index (χ3v) is 8.00. The number of piperazine rings is 1. The Morgan fingerprint density at radius 3 is 2.19 bits per heavy atom. The average Bonchev–Trinajstić information content (AvgIpc) is 3.33. The molecule has 2 aliphatic heterocycles. The van der Waals surface area contributed by atoms with E-state index in [4.69, 9.17) is 17.3 Å². The van der Waals surface area contributed by atoms with Gasteiger partial charge in [-0.25, -0.2) is 4.39 Å². The Labute approximate surface area is 224 Å². The number of nitrogens with zero attached hydrogens (tertiary/aromatic N) is 3. The van der Waals surface area contributed by atoms with E-state index in [0.29, 0.717) is 50.0 Å². The zero-order chi connectivity index (χ0) is 26.9. The van der Waals surface area contributed by atoms with Crippen molar-refractivity contribution in [1.29, 1.82) is 0 Å². The van der Waals surface area contributed by atoms with Crippen LogP contribution < -0.4 is 10.6 Å². The van der Waals surface area contributed by atoms with E-state index in [0.717, 1.165) is 11.1 Å². The normalized spacial score (nSPS) is 21.2. The molecule has 37 heavy (non-hydrogen) atoms. The SMILES string of the molecule is CC(C)C(=O)N1C[C@@H](C(=O)N2CCN(c3c(F)cccc3[C@@H](N)C(C)C)CC2)[C@H](c2ccc(Cl)cc2)C1. The summed E-state index contributed by atoms with van der Waals surface area (Å²) >= 11 is 6.10. The van der Waals surface area contributed by atoms with Crippen LogP contribution in [0, 0.1) is 23.6 Å². The molecule has 2 aromatic carbocycles. The monoisotopic (exact) mass is 528 g/mol. The highest BCUT2D eigenvalue weighted by molar-refractivity contribution is 6.30. The summed E-state index contributed by atoms with van der Waals surface area (Å²) < 4.78 is 15.0. The molecule has 2 heterocycles. The first-order valence-corrected chi connectivity index (χ1v) is 13.6. The number of likely N-dealkylation sites (tertiary alicyclic amines) is 1. The smallest absolute Gasteiger partial charge is 0.228 e. The lowest BCUT2D eigenvalue weighted by molar-refractivity contribution is -0.136. The van der Waals surface area contributed by atoms with E-state index >= 15 is 0 Å². The minimum Gasteiger partial charge on any atom is -0.365 e. The van der Waals surface area contributed by atoms with Crippen LogP contribution in [0.1, 0.15) is 50.8 Å². The number of hydrogen-bond acceptors (Lipinski definition) is 4. The Balaban J connectivity index is 1.51. The molecule has 8 heteroatoms. The van der Waals surface area contributed by atoms with Crippen LogP contribution in [0.4, 0.5) is 10.1 Å². The van der Waals surface area contributed by atoms with E-state index in [1.165, 1.54) is 6.07 Å². The van der Waals surface area contributed by atoms with Crippen molar-refractivity contribution in [1.82, 2.24) is 9.80 Å². The molecule has 0 aliphatic carbocycles. The van der Waals surface area contributed by atoms with Gasteiger partial charge in [0.15, 0.2) is 0 Å². The van der Waals surface area contributed by atoms with E-state index in [9.17, 15) is 14.0 Å². The number of hydrogen-bond donors (Lipinski definition) is 1. The summed E-state index contributed by atoms with van der Waals surface area (Å²) in [4.78, 5) is 32.3. The quantitative estimate of drug-likeness (QED) is 0.591. The first-order chi connectivity index (χ1) is 17.6. The molecule has 0 saturated carbocycles. The minimum atomic E-state index is -0.325. The summed E-state index contributed by atoms with van der Waals surface area (Å²) in [6.07, 6.45) is 0. The van der Waals surface area contributed by atoms with Crippen LogP contribution in [0.3, 0.4) is 0 Å². The fourth-order valence-corrected chi connectivity index (χ4v) is 5.65. The largest absolute Gasteiger partial charge is 0.365 e. The van der Waals surface area contributed by atoms with Crippen molar-refractivity contribution in [3.63, 3.8) is 0 Å². The minimum absolute atomic E-state index is 0.0475. The van der Waals surface area contributed by atoms with Gasteiger partial charge in [-0.1, -0.05) is 63.6 Å². The first kappa shape index (κ1) is 27.4. The third-order valence-electron chi connectivity index (χ3n) is 7.74. The highest BCUT2D eigenvalue weighted by Crippen LogP contribution is 2.36. The van der Waals surface area contributed by atoms with E-state index in [1.54, 1.807) is 6.07 Å². The molecule has 4 rings (SSSR count). The van der Waals surface area contributed by atoms with Crippen LogP contribution in [0.2, 0.25) is 5.02 Å². The molecule has 6 nitrogen and oxygen atoms in total. The number of amides is 2. The molecular weight excluding hydrogens is 491 g/mol. The van der Waals surface area contributed by atoms with Gasteiger partial charge in [0.25, 0.3) is 0 Å². The van der Waals surface area contributed by atoms with E-state index in [1.807, 2.05) is 72.7 Å². The van der Waals surface area contributed by atoms with Crippen molar-refractivity contribution in [3.8, 4) is 0 Å². The summed E-state index contributed by atoms with van der Waals surface area (Å²) in [5.41, 5.74) is 8.77. The number of nitrogens with two attached hydrogens (primary N) is 1. The maximum atomic E-state index is 15.0. The van der Waals surface area contributed by atoms with Crippen LogP contribution in [0.5, 0.6) is 0 Å². The summed E-state index contributed by atoms with van der Waals surface area (Å²) in [6, 6.07) is 12.4. The molecular formula is C29H38ClFN4O2. The Bertz CT molecular complexity index is 1120. The van der Waals surface area contributed by atoms with Crippen molar-refractivity contribution in [2.45, 2.75) is 39.7 Å². The molecule has 2 saturated heterocycles. The van der Waals surface area contributed by atoms with Crippen LogP contribution in [0.15, 0.2) is 42.5 Å². The Morgan fingerprint density at radius 1 is 0.946 bits per heavy atom. The first-order valence-electron chi connectivity index (χ1n) is 13.2. The zero-order valence-corrected chi connectivity index (χ0v) is 22.9. The summed E-state index contributed by atoms with van der Waals surface area (Å²) in [5, 5.41) is 0.639. The molecule has 0 aromatic heterocycles. The number of carbonyl (C=O) groups is 2. The summed E-state index contributed by atoms with van der Waals surface area (Å²) in [7, 11) is 0. The Morgan fingerprint density at radius 2 is 1.59 bits per heavy atom. The van der Waals surface area contributed by atoms with Gasteiger partial charge in [0.05, 0.1) is 11.6 Å². The topological polar surface area (TPSA) is 69.9 Å². The van der Waals surface area contributed by atoms with E-state index < -0.39 is 0 Å². The molecule has 0 unspecified atom stereocenters. The van der Waals surface area contributed by atoms with E-state index in [2.05, 4.69) is 0 Å². The van der Waals surface area contributed by atoms with Gasteiger partial charge in [0.1, 0.15) is 5.82 Å². The molecule has 0 radical (unpaired) electrons. The van der Waals surface area contributed by atoms with Gasteiger partial charge >= 0.3 is 0 Å². The molecule has 2 amide bonds. The number of anilines is 1. The molecule has 2 N–H and O–H groups in total. The number of halogens is 2. The summed E-state index contributed by atoms with van der Waals surface area (Å²) in [5.74, 6) is -0.544. The fraction of sp³-hybridized carbons (Fsp3) is 0.517. The highest BCUT2D eigenvalue weighted by Gasteiger charge is 2.43. The lowest BCUT2D eigenvalue weighted by Gasteiger charge is -2.39. The summed E-state index contributed by atoms with van der Waals surface area (Å²) in [6.45, 7) is 10.8. The maximum absolute atomic E-state index is 15.0. The van der Waals surface area contributed by atoms with Crippen molar-refractivity contribution in [2.75, 3.05) is 44.2 Å². The van der Waals surface area contributed by atoms with Crippen LogP contribution >= 0.6 is 11.6 Å². The molecule has 2 fully saturated rings. The van der Waals surface area contributed by atoms with Gasteiger partial charge in [0, 0.05) is 62.2 Å². The van der Waals surface area contributed by atoms with Crippen molar-refractivity contribution < 1.29 is 14.0 Å². The fourth-order valence-electron chi connectivity index (χ4n) is 5.53. The molecule has 3 atom stereocenters. The van der Waals surface area contributed by atoms with Crippen molar-refractivity contribution >= 4 is 29.1 Å². The highest BCUT2D eigenvalue weighted by atomic mass is 35.5. The molecule has 2 aliphatic rings. The van der Waals surface area contributed by atoms with Crippen molar-refractivity contribution in [3.05, 3.63) is 64.4 Å². The van der Waals surface area contributed by atoms with Gasteiger partial charge in [-0.3, -0.25) is 9.59 Å². The lowest BCUT2D eigenvalue weighted by atomic mass is 9.88. The van der Waals surface area contributed by atoms with Gasteiger partial charge in [-0.15, -0.1) is 0 Å². The van der Waals surface area contributed by atoms with Gasteiger partial charge in [-0.2, -0.15) is 0 Å². The van der Waals surface area contributed by atoms with Gasteiger partial charge in [-0.05, 0) is 35.2 Å². The van der Waals surface area contributed by atoms with Crippen LogP contribution in [0.25, 0.3) is 0 Å². The standard InChI is InChI=1S/C29H38ClFN4O2/c1-18(2)26(32)22-6-5-7-25(31)27(22)33-12-14-34(15-13-33)29(37)24-17-35(28(36)19(3)4)16-23(24)20-8-10-21(30)11-9-20/h5-11,18-19,23-24,26H,12-17,32H2,1-4H3/t23-,24+,26-/m0/s1. The van der Waals surface area contributed by atoms with Gasteiger partial charge < -0.3 is 20.4 Å². The number of carbonyl (C=O) groups excluding carboxylic acids is 2. The molecule has 0 bridgehead atoms. The number of benzene rings is 2. The Hall–Kier alpha value is -2.64.